The third-order valence-corrected chi connectivity index (χ3v) is 8.13. The van der Waals surface area contributed by atoms with E-state index in [0.717, 1.165) is 4.88 Å². The number of aryl methyl sites for hydroxylation is 1. The Balaban J connectivity index is 0.000000604. The van der Waals surface area contributed by atoms with E-state index < -0.39 is 10.0 Å². The van der Waals surface area contributed by atoms with Crippen molar-refractivity contribution in [3.63, 3.8) is 0 Å². The van der Waals surface area contributed by atoms with E-state index in [-0.39, 0.29) is 11.9 Å². The molecule has 1 aromatic heterocycles. The van der Waals surface area contributed by atoms with Gasteiger partial charge in [-0.1, -0.05) is 44.9 Å². The van der Waals surface area contributed by atoms with Crippen LogP contribution in [0.2, 0.25) is 0 Å². The summed E-state index contributed by atoms with van der Waals surface area (Å²) in [7, 11) is -3.49. The number of benzene rings is 1. The van der Waals surface area contributed by atoms with Crippen LogP contribution >= 0.6 is 11.3 Å². The SMILES string of the molecule is C#CC.CCCC.Cc1ccc(S(=O)(=O)N2CCN(C(=O)c3ccccc3)CC2C)s1. The van der Waals surface area contributed by atoms with Crippen LogP contribution in [0.1, 0.15) is 55.8 Å². The lowest BCUT2D eigenvalue weighted by molar-refractivity contribution is 0.0642. The molecule has 1 aliphatic heterocycles. The maximum Gasteiger partial charge on any atom is 0.253 e. The Labute approximate surface area is 192 Å². The molecule has 0 bridgehead atoms. The van der Waals surface area contributed by atoms with Gasteiger partial charge in [0.1, 0.15) is 4.21 Å². The standard InChI is InChI=1S/C17H20N2O3S2.C4H10.C3H4/c1-13-12-18(17(20)15-6-4-3-5-7-15)10-11-19(13)24(21,22)16-9-8-14(2)23-16;1-3-4-2;1-3-2/h3-9,13H,10-12H2,1-2H3;3-4H2,1-2H3;1H,2H3. The first-order valence-corrected chi connectivity index (χ1v) is 12.8. The third kappa shape index (κ3) is 7.80. The molecule has 31 heavy (non-hydrogen) atoms. The third-order valence-electron chi connectivity index (χ3n) is 4.65. The highest BCUT2D eigenvalue weighted by Gasteiger charge is 2.35. The quantitative estimate of drug-likeness (QED) is 0.598. The van der Waals surface area contributed by atoms with Crippen molar-refractivity contribution in [3.8, 4) is 12.3 Å². The highest BCUT2D eigenvalue weighted by atomic mass is 32.2. The Kier molecular flexibility index (Phi) is 11.5. The van der Waals surface area contributed by atoms with Gasteiger partial charge in [0.25, 0.3) is 15.9 Å². The fraction of sp³-hybridized carbons (Fsp3) is 0.458. The van der Waals surface area contributed by atoms with Crippen molar-refractivity contribution in [2.24, 2.45) is 0 Å². The van der Waals surface area contributed by atoms with Gasteiger partial charge in [-0.25, -0.2) is 8.42 Å². The number of thiophene rings is 1. The maximum absolute atomic E-state index is 12.8. The van der Waals surface area contributed by atoms with Crippen LogP contribution in [0.5, 0.6) is 0 Å². The first-order valence-electron chi connectivity index (χ1n) is 10.5. The summed E-state index contributed by atoms with van der Waals surface area (Å²) in [4.78, 5) is 15.2. The predicted octanol–water partition coefficient (Wildman–Crippen LogP) is 5.04. The molecule has 0 spiro atoms. The molecule has 1 aromatic carbocycles. The molecule has 1 amide bonds. The molecule has 1 unspecified atom stereocenters. The van der Waals surface area contributed by atoms with Gasteiger partial charge in [0.2, 0.25) is 0 Å². The molecule has 1 fully saturated rings. The summed E-state index contributed by atoms with van der Waals surface area (Å²) in [5.74, 6) is 2.20. The Morgan fingerprint density at radius 2 is 1.71 bits per heavy atom. The molecule has 170 valence electrons. The van der Waals surface area contributed by atoms with Gasteiger partial charge >= 0.3 is 0 Å². The maximum atomic E-state index is 12.8. The molecule has 2 heterocycles. The number of carbonyl (C=O) groups is 1. The van der Waals surface area contributed by atoms with Crippen LogP contribution in [0.4, 0.5) is 0 Å². The summed E-state index contributed by atoms with van der Waals surface area (Å²) in [6.45, 7) is 10.9. The number of carbonyl (C=O) groups excluding carboxylic acids is 1. The number of nitrogens with zero attached hydrogens (tertiary/aromatic N) is 2. The highest BCUT2D eigenvalue weighted by molar-refractivity contribution is 7.91. The molecule has 5 nitrogen and oxygen atoms in total. The second kappa shape index (κ2) is 13.3. The largest absolute Gasteiger partial charge is 0.336 e. The predicted molar refractivity (Wildman–Crippen MR) is 130 cm³/mol. The van der Waals surface area contributed by atoms with Crippen LogP contribution < -0.4 is 0 Å². The minimum Gasteiger partial charge on any atom is -0.336 e. The smallest absolute Gasteiger partial charge is 0.253 e. The first kappa shape index (κ1) is 26.9. The van der Waals surface area contributed by atoms with Crippen molar-refractivity contribution in [2.45, 2.75) is 57.7 Å². The number of amides is 1. The van der Waals surface area contributed by atoms with Crippen molar-refractivity contribution in [2.75, 3.05) is 19.6 Å². The molecular formula is C24H34N2O3S2. The van der Waals surface area contributed by atoms with Gasteiger partial charge in [0.15, 0.2) is 0 Å². The number of piperazine rings is 1. The van der Waals surface area contributed by atoms with Crippen LogP contribution in [0.15, 0.2) is 46.7 Å². The topological polar surface area (TPSA) is 57.7 Å². The summed E-state index contributed by atoms with van der Waals surface area (Å²) < 4.78 is 27.5. The molecule has 0 N–H and O–H groups in total. The zero-order chi connectivity index (χ0) is 23.4. The van der Waals surface area contributed by atoms with Gasteiger partial charge in [-0.05, 0) is 45.0 Å². The number of rotatable bonds is 4. The van der Waals surface area contributed by atoms with Gasteiger partial charge in [0.05, 0.1) is 0 Å². The molecule has 0 radical (unpaired) electrons. The van der Waals surface area contributed by atoms with Gasteiger partial charge in [-0.3, -0.25) is 4.79 Å². The van der Waals surface area contributed by atoms with Gasteiger partial charge in [0, 0.05) is 36.1 Å². The molecule has 3 rings (SSSR count). The molecule has 1 saturated heterocycles. The van der Waals surface area contributed by atoms with E-state index in [1.54, 1.807) is 30.0 Å². The lowest BCUT2D eigenvalue weighted by atomic mass is 10.1. The van der Waals surface area contributed by atoms with Gasteiger partial charge in [-0.15, -0.1) is 23.7 Å². The van der Waals surface area contributed by atoms with Crippen molar-refractivity contribution >= 4 is 27.3 Å². The number of sulfonamides is 1. The summed E-state index contributed by atoms with van der Waals surface area (Å²) in [6.07, 6.45) is 7.24. The monoisotopic (exact) mass is 462 g/mol. The molecule has 2 aromatic rings. The van der Waals surface area contributed by atoms with Crippen molar-refractivity contribution in [1.82, 2.24) is 9.21 Å². The van der Waals surface area contributed by atoms with Gasteiger partial charge < -0.3 is 4.90 Å². The summed E-state index contributed by atoms with van der Waals surface area (Å²) in [5, 5.41) is 0. The lowest BCUT2D eigenvalue weighted by Gasteiger charge is -2.38. The van der Waals surface area contributed by atoms with Crippen LogP contribution in [0.3, 0.4) is 0 Å². The summed E-state index contributed by atoms with van der Waals surface area (Å²) in [5.41, 5.74) is 0.634. The van der Waals surface area contributed by atoms with E-state index in [2.05, 4.69) is 26.2 Å². The minimum atomic E-state index is -3.49. The fourth-order valence-electron chi connectivity index (χ4n) is 2.91. The van der Waals surface area contributed by atoms with E-state index in [0.29, 0.717) is 29.4 Å². The van der Waals surface area contributed by atoms with E-state index in [9.17, 15) is 13.2 Å². The molecular weight excluding hydrogens is 428 g/mol. The van der Waals surface area contributed by atoms with E-state index in [4.69, 9.17) is 0 Å². The van der Waals surface area contributed by atoms with Crippen LogP contribution in [-0.4, -0.2) is 49.2 Å². The molecule has 0 aliphatic carbocycles. The fourth-order valence-corrected chi connectivity index (χ4v) is 5.94. The number of hydrogen-bond acceptors (Lipinski definition) is 4. The zero-order valence-electron chi connectivity index (χ0n) is 19.2. The van der Waals surface area contributed by atoms with E-state index in [1.807, 2.05) is 38.1 Å². The van der Waals surface area contributed by atoms with Crippen LogP contribution in [-0.2, 0) is 10.0 Å². The first-order chi connectivity index (χ1) is 14.7. The normalized spacial score (nSPS) is 16.3. The van der Waals surface area contributed by atoms with E-state index >= 15 is 0 Å². The number of terminal acetylenes is 1. The van der Waals surface area contributed by atoms with Crippen molar-refractivity contribution in [3.05, 3.63) is 52.9 Å². The van der Waals surface area contributed by atoms with Gasteiger partial charge in [-0.2, -0.15) is 4.31 Å². The van der Waals surface area contributed by atoms with Crippen LogP contribution in [0, 0.1) is 19.3 Å². The number of unbranched alkanes of at least 4 members (excludes halogenated alkanes) is 1. The minimum absolute atomic E-state index is 0.0496. The molecule has 1 atom stereocenters. The Hall–Kier alpha value is -2.14. The Bertz CT molecular complexity index is 945. The van der Waals surface area contributed by atoms with Crippen molar-refractivity contribution < 1.29 is 13.2 Å². The summed E-state index contributed by atoms with van der Waals surface area (Å²) in [6, 6.07) is 12.3. The summed E-state index contributed by atoms with van der Waals surface area (Å²) >= 11 is 1.28. The number of hydrogen-bond donors (Lipinski definition) is 0. The average molecular weight is 463 g/mol. The molecule has 7 heteroatoms. The molecule has 1 aliphatic rings. The lowest BCUT2D eigenvalue weighted by Crippen LogP contribution is -2.55. The van der Waals surface area contributed by atoms with E-state index in [1.165, 1.54) is 28.5 Å². The second-order valence-electron chi connectivity index (χ2n) is 7.24. The Morgan fingerprint density at radius 3 is 2.16 bits per heavy atom. The molecule has 0 saturated carbocycles. The Morgan fingerprint density at radius 1 is 1.13 bits per heavy atom. The van der Waals surface area contributed by atoms with Crippen LogP contribution in [0.25, 0.3) is 0 Å². The zero-order valence-corrected chi connectivity index (χ0v) is 20.8. The average Bonchev–Trinajstić information content (AvgIpc) is 3.21. The second-order valence-corrected chi connectivity index (χ2v) is 10.6. The highest BCUT2D eigenvalue weighted by Crippen LogP contribution is 2.27. The van der Waals surface area contributed by atoms with Crippen molar-refractivity contribution in [1.29, 1.82) is 0 Å².